The summed E-state index contributed by atoms with van der Waals surface area (Å²) in [6.07, 6.45) is 0.486. The highest BCUT2D eigenvalue weighted by molar-refractivity contribution is 7.14. The molecule has 0 spiro atoms. The van der Waals surface area contributed by atoms with Crippen molar-refractivity contribution in [2.75, 3.05) is 0 Å². The van der Waals surface area contributed by atoms with E-state index in [4.69, 9.17) is 0 Å². The van der Waals surface area contributed by atoms with Crippen LogP contribution in [-0.4, -0.2) is 11.7 Å². The van der Waals surface area contributed by atoms with Gasteiger partial charge in [-0.3, -0.25) is 9.59 Å². The van der Waals surface area contributed by atoms with Crippen molar-refractivity contribution in [1.82, 2.24) is 5.32 Å². The fourth-order valence-electron chi connectivity index (χ4n) is 2.07. The van der Waals surface area contributed by atoms with Gasteiger partial charge in [-0.2, -0.15) is 0 Å². The van der Waals surface area contributed by atoms with Crippen LogP contribution in [0.2, 0.25) is 0 Å². The van der Waals surface area contributed by atoms with E-state index in [0.717, 1.165) is 15.3 Å². The third kappa shape index (κ3) is 4.53. The number of carbonyl (C=O) groups excluding carboxylic acids is 2. The summed E-state index contributed by atoms with van der Waals surface area (Å²) in [6, 6.07) is 13.5. The Morgan fingerprint density at radius 2 is 1.81 bits per heavy atom. The van der Waals surface area contributed by atoms with Gasteiger partial charge in [-0.05, 0) is 31.5 Å². The molecule has 1 unspecified atom stereocenters. The average Bonchev–Trinajstić information content (AvgIpc) is 2.92. The zero-order valence-corrected chi connectivity index (χ0v) is 13.1. The molecule has 1 atom stereocenters. The van der Waals surface area contributed by atoms with Crippen LogP contribution < -0.4 is 5.32 Å². The molecule has 2 aromatic rings. The summed E-state index contributed by atoms with van der Waals surface area (Å²) in [5.41, 5.74) is 1.06. The quantitative estimate of drug-likeness (QED) is 0.823. The summed E-state index contributed by atoms with van der Waals surface area (Å²) < 4.78 is 0. The normalized spacial score (nSPS) is 11.9. The topological polar surface area (TPSA) is 46.2 Å². The third-order valence-corrected chi connectivity index (χ3v) is 4.31. The van der Waals surface area contributed by atoms with Crippen molar-refractivity contribution in [2.24, 2.45) is 0 Å². The number of rotatable bonds is 6. The molecule has 0 saturated carbocycles. The van der Waals surface area contributed by atoms with Crippen molar-refractivity contribution in [1.29, 1.82) is 0 Å². The molecule has 0 aliphatic carbocycles. The zero-order valence-electron chi connectivity index (χ0n) is 12.3. The monoisotopic (exact) mass is 301 g/mol. The highest BCUT2D eigenvalue weighted by Crippen LogP contribution is 2.18. The van der Waals surface area contributed by atoms with Crippen LogP contribution in [0.3, 0.4) is 0 Å². The number of thiophene rings is 1. The maximum absolute atomic E-state index is 11.9. The molecule has 21 heavy (non-hydrogen) atoms. The number of hydrogen-bond acceptors (Lipinski definition) is 3. The Bertz CT molecular complexity index is 619. The Labute approximate surface area is 129 Å². The minimum absolute atomic E-state index is 0.0376. The maximum atomic E-state index is 11.9. The van der Waals surface area contributed by atoms with Crippen LogP contribution >= 0.6 is 11.3 Å². The molecule has 1 N–H and O–H groups in total. The standard InChI is InChI=1S/C17H19NO2S/c1-12-8-10-16(21-12)15(19)9-11-17(20)18-13(2)14-6-4-3-5-7-14/h3-8,10,13H,9,11H2,1-2H3,(H,18,20). The predicted molar refractivity (Wildman–Crippen MR) is 85.6 cm³/mol. The summed E-state index contributed by atoms with van der Waals surface area (Å²) in [5, 5.41) is 2.92. The van der Waals surface area contributed by atoms with Gasteiger partial charge >= 0.3 is 0 Å². The van der Waals surface area contributed by atoms with Gasteiger partial charge < -0.3 is 5.32 Å². The van der Waals surface area contributed by atoms with Gasteiger partial charge in [0.05, 0.1) is 10.9 Å². The van der Waals surface area contributed by atoms with Crippen LogP contribution in [0.4, 0.5) is 0 Å². The molecule has 110 valence electrons. The van der Waals surface area contributed by atoms with E-state index < -0.39 is 0 Å². The fraction of sp³-hybridized carbons (Fsp3) is 0.294. The van der Waals surface area contributed by atoms with Crippen molar-refractivity contribution in [3.05, 3.63) is 57.8 Å². The van der Waals surface area contributed by atoms with Gasteiger partial charge in [0.25, 0.3) is 0 Å². The molecule has 0 radical (unpaired) electrons. The highest BCUT2D eigenvalue weighted by Gasteiger charge is 2.13. The van der Waals surface area contributed by atoms with E-state index in [1.54, 1.807) is 0 Å². The molecule has 1 aromatic heterocycles. The van der Waals surface area contributed by atoms with E-state index in [2.05, 4.69) is 5.32 Å². The molecule has 0 aliphatic heterocycles. The number of ketones is 1. The lowest BCUT2D eigenvalue weighted by Crippen LogP contribution is -2.26. The van der Waals surface area contributed by atoms with Crippen molar-refractivity contribution in [3.8, 4) is 0 Å². The summed E-state index contributed by atoms with van der Waals surface area (Å²) in [5.74, 6) is -0.0522. The first-order valence-corrected chi connectivity index (χ1v) is 7.82. The number of hydrogen-bond donors (Lipinski definition) is 1. The van der Waals surface area contributed by atoms with Crippen molar-refractivity contribution < 1.29 is 9.59 Å². The molecule has 2 rings (SSSR count). The molecule has 0 fully saturated rings. The van der Waals surface area contributed by atoms with E-state index in [1.807, 2.05) is 56.3 Å². The lowest BCUT2D eigenvalue weighted by Gasteiger charge is -2.13. The fourth-order valence-corrected chi connectivity index (χ4v) is 2.91. The van der Waals surface area contributed by atoms with Crippen LogP contribution in [0.15, 0.2) is 42.5 Å². The van der Waals surface area contributed by atoms with Crippen molar-refractivity contribution in [3.63, 3.8) is 0 Å². The van der Waals surface area contributed by atoms with E-state index in [0.29, 0.717) is 0 Å². The molecular formula is C17H19NO2S. The highest BCUT2D eigenvalue weighted by atomic mass is 32.1. The minimum atomic E-state index is -0.0898. The number of benzene rings is 1. The largest absolute Gasteiger partial charge is 0.350 e. The van der Waals surface area contributed by atoms with Gasteiger partial charge in [0.1, 0.15) is 0 Å². The SMILES string of the molecule is Cc1ccc(C(=O)CCC(=O)NC(C)c2ccccc2)s1. The average molecular weight is 301 g/mol. The van der Waals surface area contributed by atoms with Gasteiger partial charge in [0.2, 0.25) is 5.91 Å². The first-order chi connectivity index (χ1) is 10.1. The number of amides is 1. The van der Waals surface area contributed by atoms with Gasteiger partial charge in [0.15, 0.2) is 5.78 Å². The Morgan fingerprint density at radius 3 is 2.43 bits per heavy atom. The Balaban J connectivity index is 1.81. The Morgan fingerprint density at radius 1 is 1.10 bits per heavy atom. The summed E-state index contributed by atoms with van der Waals surface area (Å²) in [6.45, 7) is 3.91. The van der Waals surface area contributed by atoms with Crippen LogP contribution in [0.1, 0.15) is 45.9 Å². The van der Waals surface area contributed by atoms with E-state index in [1.165, 1.54) is 11.3 Å². The molecule has 0 bridgehead atoms. The van der Waals surface area contributed by atoms with E-state index >= 15 is 0 Å². The van der Waals surface area contributed by atoms with Crippen LogP contribution in [-0.2, 0) is 4.79 Å². The lowest BCUT2D eigenvalue weighted by molar-refractivity contribution is -0.121. The first kappa shape index (κ1) is 15.4. The van der Waals surface area contributed by atoms with Gasteiger partial charge in [-0.25, -0.2) is 0 Å². The molecule has 0 saturated heterocycles. The molecule has 1 aromatic carbocycles. The number of nitrogens with one attached hydrogen (secondary N) is 1. The molecular weight excluding hydrogens is 282 g/mol. The van der Waals surface area contributed by atoms with Crippen molar-refractivity contribution >= 4 is 23.0 Å². The Kier molecular flexibility index (Phi) is 5.28. The van der Waals surface area contributed by atoms with Crippen LogP contribution in [0.5, 0.6) is 0 Å². The second-order valence-corrected chi connectivity index (χ2v) is 6.32. The second-order valence-electron chi connectivity index (χ2n) is 5.03. The third-order valence-electron chi connectivity index (χ3n) is 3.27. The first-order valence-electron chi connectivity index (χ1n) is 7.00. The van der Waals surface area contributed by atoms with Crippen molar-refractivity contribution in [2.45, 2.75) is 32.7 Å². The van der Waals surface area contributed by atoms with E-state index in [9.17, 15) is 9.59 Å². The number of Topliss-reactive ketones (excluding diaryl/α,β-unsaturated/α-hetero) is 1. The van der Waals surface area contributed by atoms with Crippen LogP contribution in [0, 0.1) is 6.92 Å². The summed E-state index contributed by atoms with van der Waals surface area (Å²) in [4.78, 5) is 25.7. The summed E-state index contributed by atoms with van der Waals surface area (Å²) >= 11 is 1.48. The molecule has 1 amide bonds. The van der Waals surface area contributed by atoms with Gasteiger partial charge in [0, 0.05) is 17.7 Å². The lowest BCUT2D eigenvalue weighted by atomic mass is 10.1. The second kappa shape index (κ2) is 7.18. The van der Waals surface area contributed by atoms with Gasteiger partial charge in [-0.1, -0.05) is 30.3 Å². The Hall–Kier alpha value is -1.94. The molecule has 4 heteroatoms. The number of aryl methyl sites for hydroxylation is 1. The van der Waals surface area contributed by atoms with Crippen LogP contribution in [0.25, 0.3) is 0 Å². The molecule has 3 nitrogen and oxygen atoms in total. The van der Waals surface area contributed by atoms with E-state index in [-0.39, 0.29) is 30.6 Å². The zero-order chi connectivity index (χ0) is 15.2. The molecule has 0 aliphatic rings. The predicted octanol–water partition coefficient (Wildman–Crippen LogP) is 3.90. The maximum Gasteiger partial charge on any atom is 0.220 e. The smallest absolute Gasteiger partial charge is 0.220 e. The number of carbonyl (C=O) groups is 2. The minimum Gasteiger partial charge on any atom is -0.350 e. The summed E-state index contributed by atoms with van der Waals surface area (Å²) in [7, 11) is 0. The van der Waals surface area contributed by atoms with Gasteiger partial charge in [-0.15, -0.1) is 11.3 Å². The molecule has 1 heterocycles.